The van der Waals surface area contributed by atoms with E-state index < -0.39 is 12.1 Å². The number of rotatable bonds is 8. The number of halogens is 1. The fraction of sp³-hybridized carbons (Fsp3) is 0.364. The van der Waals surface area contributed by atoms with Gasteiger partial charge in [-0.3, -0.25) is 4.79 Å². The molecule has 0 fully saturated rings. The lowest BCUT2D eigenvalue weighted by Gasteiger charge is -2.20. The zero-order valence-corrected chi connectivity index (χ0v) is 17.9. The molecule has 2 amide bonds. The minimum Gasteiger partial charge on any atom is -0.453 e. The van der Waals surface area contributed by atoms with Gasteiger partial charge in [0.1, 0.15) is 6.04 Å². The molecule has 0 aliphatic rings. The molecule has 0 saturated carbocycles. The number of carbonyl (C=O) groups is 2. The second-order valence-electron chi connectivity index (χ2n) is 7.28. The summed E-state index contributed by atoms with van der Waals surface area (Å²) in [5.74, 6) is -0.101. The van der Waals surface area contributed by atoms with Gasteiger partial charge in [0.15, 0.2) is 0 Å². The average molecular weight is 418 g/mol. The standard InChI is InChI=1S/C22H28ClN3O3/c1-14(2)12-20(26-22(28)29-4)21(27)25-17-10-11-19(18(23)13-17)24-15(3)16-8-6-5-7-9-16/h5-11,13-15,20,24H,12H2,1-4H3,(H,25,27)(H,26,28). The Morgan fingerprint density at radius 2 is 1.76 bits per heavy atom. The summed E-state index contributed by atoms with van der Waals surface area (Å²) >= 11 is 6.41. The van der Waals surface area contributed by atoms with Crippen LogP contribution in [-0.2, 0) is 9.53 Å². The first-order valence-electron chi connectivity index (χ1n) is 9.56. The van der Waals surface area contributed by atoms with Crippen molar-refractivity contribution in [3.05, 3.63) is 59.1 Å². The molecule has 7 heteroatoms. The maximum absolute atomic E-state index is 12.6. The van der Waals surface area contributed by atoms with Crippen molar-refractivity contribution in [2.75, 3.05) is 17.7 Å². The van der Waals surface area contributed by atoms with E-state index in [0.717, 1.165) is 11.3 Å². The zero-order chi connectivity index (χ0) is 21.4. The van der Waals surface area contributed by atoms with Gasteiger partial charge in [0.25, 0.3) is 0 Å². The van der Waals surface area contributed by atoms with E-state index in [-0.39, 0.29) is 17.9 Å². The maximum atomic E-state index is 12.6. The highest BCUT2D eigenvalue weighted by Crippen LogP contribution is 2.29. The van der Waals surface area contributed by atoms with Crippen molar-refractivity contribution in [1.29, 1.82) is 0 Å². The van der Waals surface area contributed by atoms with Gasteiger partial charge >= 0.3 is 6.09 Å². The topological polar surface area (TPSA) is 79.5 Å². The third-order valence-electron chi connectivity index (χ3n) is 4.41. The Kier molecular flexibility index (Phi) is 8.34. The normalized spacial score (nSPS) is 12.8. The van der Waals surface area contributed by atoms with E-state index in [4.69, 9.17) is 11.6 Å². The van der Waals surface area contributed by atoms with Gasteiger partial charge in [-0.25, -0.2) is 4.79 Å². The Balaban J connectivity index is 2.06. The molecular weight excluding hydrogens is 390 g/mol. The van der Waals surface area contributed by atoms with Crippen molar-refractivity contribution >= 4 is 35.0 Å². The molecule has 29 heavy (non-hydrogen) atoms. The van der Waals surface area contributed by atoms with Crippen LogP contribution in [0.2, 0.25) is 5.02 Å². The Bertz CT molecular complexity index is 827. The molecule has 156 valence electrons. The smallest absolute Gasteiger partial charge is 0.407 e. The highest BCUT2D eigenvalue weighted by atomic mass is 35.5. The van der Waals surface area contributed by atoms with E-state index in [9.17, 15) is 9.59 Å². The van der Waals surface area contributed by atoms with E-state index >= 15 is 0 Å². The zero-order valence-electron chi connectivity index (χ0n) is 17.2. The molecule has 2 rings (SSSR count). The maximum Gasteiger partial charge on any atom is 0.407 e. The van der Waals surface area contributed by atoms with Crippen LogP contribution in [0.15, 0.2) is 48.5 Å². The van der Waals surface area contributed by atoms with Crippen molar-refractivity contribution in [2.45, 2.75) is 39.3 Å². The molecule has 2 atom stereocenters. The molecule has 0 aromatic heterocycles. The minimum atomic E-state index is -0.697. The number of anilines is 2. The van der Waals surface area contributed by atoms with Crippen LogP contribution in [0, 0.1) is 5.92 Å². The van der Waals surface area contributed by atoms with Crippen LogP contribution in [0.1, 0.15) is 38.8 Å². The molecule has 0 saturated heterocycles. The quantitative estimate of drug-likeness (QED) is 0.550. The van der Waals surface area contributed by atoms with Crippen LogP contribution >= 0.6 is 11.6 Å². The molecule has 0 bridgehead atoms. The molecule has 2 unspecified atom stereocenters. The number of amides is 2. The van der Waals surface area contributed by atoms with E-state index in [1.165, 1.54) is 7.11 Å². The van der Waals surface area contributed by atoms with Crippen LogP contribution < -0.4 is 16.0 Å². The van der Waals surface area contributed by atoms with E-state index in [0.29, 0.717) is 17.1 Å². The first-order chi connectivity index (χ1) is 13.8. The molecule has 0 spiro atoms. The Hall–Kier alpha value is -2.73. The van der Waals surface area contributed by atoms with Crippen LogP contribution in [0.5, 0.6) is 0 Å². The predicted octanol–water partition coefficient (Wildman–Crippen LogP) is 5.22. The largest absolute Gasteiger partial charge is 0.453 e. The summed E-state index contributed by atoms with van der Waals surface area (Å²) in [6.45, 7) is 6.01. The van der Waals surface area contributed by atoms with Crippen LogP contribution in [0.3, 0.4) is 0 Å². The summed E-state index contributed by atoms with van der Waals surface area (Å²) < 4.78 is 4.61. The highest BCUT2D eigenvalue weighted by Gasteiger charge is 2.22. The molecule has 0 aliphatic heterocycles. The third kappa shape index (κ3) is 6.98. The number of hydrogen-bond donors (Lipinski definition) is 3. The molecule has 3 N–H and O–H groups in total. The summed E-state index contributed by atoms with van der Waals surface area (Å²) in [7, 11) is 1.27. The Morgan fingerprint density at radius 3 is 2.34 bits per heavy atom. The summed E-state index contributed by atoms with van der Waals surface area (Å²) in [6.07, 6.45) is -0.151. The fourth-order valence-corrected chi connectivity index (χ4v) is 3.14. The van der Waals surface area contributed by atoms with Crippen molar-refractivity contribution in [2.24, 2.45) is 5.92 Å². The molecule has 0 heterocycles. The predicted molar refractivity (Wildman–Crippen MR) is 117 cm³/mol. The third-order valence-corrected chi connectivity index (χ3v) is 4.72. The summed E-state index contributed by atoms with van der Waals surface area (Å²) in [4.78, 5) is 24.2. The summed E-state index contributed by atoms with van der Waals surface area (Å²) in [5, 5.41) is 9.24. The van der Waals surface area contributed by atoms with Crippen molar-refractivity contribution in [3.63, 3.8) is 0 Å². The van der Waals surface area contributed by atoms with Crippen molar-refractivity contribution < 1.29 is 14.3 Å². The molecule has 2 aromatic carbocycles. The lowest BCUT2D eigenvalue weighted by atomic mass is 10.0. The fourth-order valence-electron chi connectivity index (χ4n) is 2.90. The summed E-state index contributed by atoms with van der Waals surface area (Å²) in [6, 6.07) is 14.7. The van der Waals surface area contributed by atoms with E-state index in [1.807, 2.05) is 50.2 Å². The molecular formula is C22H28ClN3O3. The van der Waals surface area contributed by atoms with Gasteiger partial charge in [-0.15, -0.1) is 0 Å². The van der Waals surface area contributed by atoms with Gasteiger partial charge in [-0.2, -0.15) is 0 Å². The number of benzene rings is 2. The van der Waals surface area contributed by atoms with Gasteiger partial charge in [0, 0.05) is 11.7 Å². The van der Waals surface area contributed by atoms with Gasteiger partial charge < -0.3 is 20.7 Å². The Labute approximate surface area is 177 Å². The average Bonchev–Trinajstić information content (AvgIpc) is 2.69. The van der Waals surface area contributed by atoms with Crippen LogP contribution in [-0.4, -0.2) is 25.2 Å². The summed E-state index contributed by atoms with van der Waals surface area (Å²) in [5.41, 5.74) is 2.47. The number of nitrogens with one attached hydrogen (secondary N) is 3. The number of ether oxygens (including phenoxy) is 1. The first-order valence-corrected chi connectivity index (χ1v) is 9.94. The SMILES string of the molecule is COC(=O)NC(CC(C)C)C(=O)Nc1ccc(NC(C)c2ccccc2)c(Cl)c1. The van der Waals surface area contributed by atoms with Gasteiger partial charge in [-0.05, 0) is 43.0 Å². The van der Waals surface area contributed by atoms with Crippen molar-refractivity contribution in [1.82, 2.24) is 5.32 Å². The first kappa shape index (κ1) is 22.6. The molecule has 2 aromatic rings. The van der Waals surface area contributed by atoms with Gasteiger partial charge in [0.05, 0.1) is 17.8 Å². The second kappa shape index (κ2) is 10.7. The number of carbonyl (C=O) groups excluding carboxylic acids is 2. The van der Waals surface area contributed by atoms with E-state index in [2.05, 4.69) is 27.6 Å². The highest BCUT2D eigenvalue weighted by molar-refractivity contribution is 6.33. The molecule has 6 nitrogen and oxygen atoms in total. The number of hydrogen-bond acceptors (Lipinski definition) is 4. The van der Waals surface area contributed by atoms with Crippen LogP contribution in [0.4, 0.5) is 16.2 Å². The van der Waals surface area contributed by atoms with E-state index in [1.54, 1.807) is 12.1 Å². The van der Waals surface area contributed by atoms with Crippen molar-refractivity contribution in [3.8, 4) is 0 Å². The monoisotopic (exact) mass is 417 g/mol. The molecule has 0 radical (unpaired) electrons. The van der Waals surface area contributed by atoms with Gasteiger partial charge in [0.2, 0.25) is 5.91 Å². The lowest BCUT2D eigenvalue weighted by Crippen LogP contribution is -2.44. The number of methoxy groups -OCH3 is 1. The lowest BCUT2D eigenvalue weighted by molar-refractivity contribution is -0.118. The van der Waals surface area contributed by atoms with Gasteiger partial charge in [-0.1, -0.05) is 55.8 Å². The Morgan fingerprint density at radius 1 is 1.07 bits per heavy atom. The number of alkyl carbamates (subject to hydrolysis) is 1. The molecule has 0 aliphatic carbocycles. The van der Waals surface area contributed by atoms with Crippen LogP contribution in [0.25, 0.3) is 0 Å². The second-order valence-corrected chi connectivity index (χ2v) is 7.69. The minimum absolute atomic E-state index is 0.0776.